The number of rotatable bonds is 4. The second kappa shape index (κ2) is 6.05. The minimum atomic E-state index is -4.40. The Balaban J connectivity index is 2.10. The van der Waals surface area contributed by atoms with E-state index in [4.69, 9.17) is 10.8 Å². The predicted molar refractivity (Wildman–Crippen MR) is 75.5 cm³/mol. The molecule has 4 N–H and O–H groups in total. The first kappa shape index (κ1) is 15.2. The summed E-state index contributed by atoms with van der Waals surface area (Å²) in [6.07, 6.45) is -4.40. The molecule has 0 aliphatic rings. The Bertz CT molecular complexity index is 627. The van der Waals surface area contributed by atoms with Crippen LogP contribution in [0.2, 0.25) is 0 Å². The van der Waals surface area contributed by atoms with E-state index in [0.29, 0.717) is 12.2 Å². The molecule has 21 heavy (non-hydrogen) atoms. The quantitative estimate of drug-likeness (QED) is 0.758. The molecule has 0 fully saturated rings. The van der Waals surface area contributed by atoms with Crippen LogP contribution in [-0.4, -0.2) is 5.11 Å². The van der Waals surface area contributed by atoms with Gasteiger partial charge in [-0.15, -0.1) is 0 Å². The van der Waals surface area contributed by atoms with Crippen molar-refractivity contribution in [1.82, 2.24) is 0 Å². The van der Waals surface area contributed by atoms with Gasteiger partial charge in [0.15, 0.2) is 0 Å². The number of nitrogens with two attached hydrogens (primary N) is 1. The summed E-state index contributed by atoms with van der Waals surface area (Å²) in [4.78, 5) is 0. The normalized spacial score (nSPS) is 11.4. The Morgan fingerprint density at radius 2 is 1.76 bits per heavy atom. The topological polar surface area (TPSA) is 58.3 Å². The van der Waals surface area contributed by atoms with Gasteiger partial charge in [0.2, 0.25) is 0 Å². The van der Waals surface area contributed by atoms with E-state index in [0.717, 1.165) is 23.3 Å². The van der Waals surface area contributed by atoms with E-state index >= 15 is 0 Å². The third-order valence-corrected chi connectivity index (χ3v) is 3.04. The van der Waals surface area contributed by atoms with Gasteiger partial charge in [-0.2, -0.15) is 13.2 Å². The van der Waals surface area contributed by atoms with E-state index in [1.807, 2.05) is 12.1 Å². The lowest BCUT2D eigenvalue weighted by Gasteiger charge is -2.13. The van der Waals surface area contributed by atoms with Crippen LogP contribution in [0, 0.1) is 0 Å². The molecular formula is C15H15F3N2O. The van der Waals surface area contributed by atoms with Gasteiger partial charge in [-0.1, -0.05) is 24.3 Å². The Kier molecular flexibility index (Phi) is 4.37. The van der Waals surface area contributed by atoms with Gasteiger partial charge in [0.1, 0.15) is 0 Å². The molecule has 0 amide bonds. The highest BCUT2D eigenvalue weighted by molar-refractivity contribution is 5.67. The van der Waals surface area contributed by atoms with Crippen molar-refractivity contribution < 1.29 is 18.3 Å². The highest BCUT2D eigenvalue weighted by atomic mass is 19.4. The molecule has 0 bridgehead atoms. The first-order chi connectivity index (χ1) is 9.90. The van der Waals surface area contributed by atoms with E-state index in [2.05, 4.69) is 5.32 Å². The van der Waals surface area contributed by atoms with Gasteiger partial charge in [0.25, 0.3) is 0 Å². The number of benzene rings is 2. The minimum absolute atomic E-state index is 0.0446. The third-order valence-electron chi connectivity index (χ3n) is 3.04. The molecule has 0 atom stereocenters. The van der Waals surface area contributed by atoms with Crippen LogP contribution in [0.25, 0.3) is 0 Å². The Labute approximate surface area is 120 Å². The first-order valence-electron chi connectivity index (χ1n) is 6.29. The zero-order valence-corrected chi connectivity index (χ0v) is 11.1. The van der Waals surface area contributed by atoms with Gasteiger partial charge >= 0.3 is 6.18 Å². The lowest BCUT2D eigenvalue weighted by molar-refractivity contribution is -0.137. The molecule has 0 saturated carbocycles. The van der Waals surface area contributed by atoms with Crippen molar-refractivity contribution in [2.45, 2.75) is 19.3 Å². The molecular weight excluding hydrogens is 281 g/mol. The highest BCUT2D eigenvalue weighted by Gasteiger charge is 2.30. The van der Waals surface area contributed by atoms with Crippen molar-refractivity contribution in [2.24, 2.45) is 0 Å². The summed E-state index contributed by atoms with van der Waals surface area (Å²) in [6, 6.07) is 10.5. The number of aliphatic hydroxyl groups excluding tert-OH is 1. The number of nitrogens with one attached hydrogen (secondary N) is 1. The van der Waals surface area contributed by atoms with Gasteiger partial charge in [0.05, 0.1) is 23.5 Å². The van der Waals surface area contributed by atoms with Crippen LogP contribution < -0.4 is 11.1 Å². The lowest BCUT2D eigenvalue weighted by Crippen LogP contribution is -2.08. The van der Waals surface area contributed by atoms with Crippen molar-refractivity contribution in [3.05, 3.63) is 59.2 Å². The molecule has 2 aromatic carbocycles. The fourth-order valence-electron chi connectivity index (χ4n) is 1.94. The Morgan fingerprint density at radius 1 is 1.05 bits per heavy atom. The molecule has 0 spiro atoms. The molecule has 2 rings (SSSR count). The van der Waals surface area contributed by atoms with Crippen LogP contribution in [0.5, 0.6) is 0 Å². The number of anilines is 2. The number of nitrogen functional groups attached to an aromatic ring is 1. The highest BCUT2D eigenvalue weighted by Crippen LogP contribution is 2.32. The van der Waals surface area contributed by atoms with Gasteiger partial charge in [-0.05, 0) is 29.3 Å². The summed E-state index contributed by atoms with van der Waals surface area (Å²) >= 11 is 0. The Hall–Kier alpha value is -2.21. The fourth-order valence-corrected chi connectivity index (χ4v) is 1.94. The van der Waals surface area contributed by atoms with E-state index in [9.17, 15) is 13.2 Å². The Morgan fingerprint density at radius 3 is 2.38 bits per heavy atom. The zero-order valence-electron chi connectivity index (χ0n) is 11.1. The largest absolute Gasteiger partial charge is 0.416 e. The van der Waals surface area contributed by atoms with E-state index in [1.54, 1.807) is 12.1 Å². The van der Waals surface area contributed by atoms with Crippen LogP contribution >= 0.6 is 0 Å². The van der Waals surface area contributed by atoms with E-state index < -0.39 is 11.7 Å². The molecule has 6 heteroatoms. The van der Waals surface area contributed by atoms with Crippen molar-refractivity contribution in [1.29, 1.82) is 0 Å². The predicted octanol–water partition coefficient (Wildman–Crippen LogP) is 3.39. The average Bonchev–Trinajstić information content (AvgIpc) is 2.45. The monoisotopic (exact) mass is 296 g/mol. The maximum absolute atomic E-state index is 12.5. The van der Waals surface area contributed by atoms with Crippen LogP contribution in [-0.2, 0) is 19.3 Å². The van der Waals surface area contributed by atoms with Crippen molar-refractivity contribution in [3.8, 4) is 0 Å². The molecule has 0 aliphatic heterocycles. The molecule has 0 radical (unpaired) electrons. The summed E-state index contributed by atoms with van der Waals surface area (Å²) in [5, 5.41) is 12.0. The molecule has 0 saturated heterocycles. The standard InChI is InChI=1S/C15H15F3N2O/c16-15(17,18)12-4-5-14(13(19)7-12)20-8-10-2-1-3-11(6-10)9-21/h1-7,20-21H,8-9,19H2. The maximum Gasteiger partial charge on any atom is 0.416 e. The fraction of sp³-hybridized carbons (Fsp3) is 0.200. The van der Waals surface area contributed by atoms with Crippen molar-refractivity contribution in [2.75, 3.05) is 11.1 Å². The number of hydrogen-bond donors (Lipinski definition) is 3. The van der Waals surface area contributed by atoms with Crippen LogP contribution in [0.1, 0.15) is 16.7 Å². The molecule has 0 heterocycles. The molecule has 2 aromatic rings. The third kappa shape index (κ3) is 3.88. The molecule has 0 aliphatic carbocycles. The average molecular weight is 296 g/mol. The summed E-state index contributed by atoms with van der Waals surface area (Å²) in [5.41, 5.74) is 7.03. The molecule has 0 aromatic heterocycles. The summed E-state index contributed by atoms with van der Waals surface area (Å²) in [6.45, 7) is 0.347. The number of aliphatic hydroxyl groups is 1. The lowest BCUT2D eigenvalue weighted by atomic mass is 10.1. The molecule has 0 unspecified atom stereocenters. The number of alkyl halides is 3. The summed E-state index contributed by atoms with van der Waals surface area (Å²) in [5.74, 6) is 0. The van der Waals surface area contributed by atoms with Crippen molar-refractivity contribution >= 4 is 11.4 Å². The maximum atomic E-state index is 12.5. The number of hydrogen-bond acceptors (Lipinski definition) is 3. The van der Waals surface area contributed by atoms with Gasteiger partial charge in [0, 0.05) is 6.54 Å². The van der Waals surface area contributed by atoms with Gasteiger partial charge in [-0.25, -0.2) is 0 Å². The number of halogens is 3. The smallest absolute Gasteiger partial charge is 0.397 e. The zero-order chi connectivity index (χ0) is 15.5. The second-order valence-corrected chi connectivity index (χ2v) is 4.63. The molecule has 112 valence electrons. The second-order valence-electron chi connectivity index (χ2n) is 4.63. The first-order valence-corrected chi connectivity index (χ1v) is 6.29. The SMILES string of the molecule is Nc1cc(C(F)(F)F)ccc1NCc1cccc(CO)c1. The van der Waals surface area contributed by atoms with E-state index in [-0.39, 0.29) is 12.3 Å². The van der Waals surface area contributed by atoms with E-state index in [1.165, 1.54) is 6.07 Å². The van der Waals surface area contributed by atoms with Gasteiger partial charge in [-0.3, -0.25) is 0 Å². The van der Waals surface area contributed by atoms with Crippen LogP contribution in [0.4, 0.5) is 24.5 Å². The van der Waals surface area contributed by atoms with Crippen LogP contribution in [0.15, 0.2) is 42.5 Å². The summed E-state index contributed by atoms with van der Waals surface area (Å²) in [7, 11) is 0. The molecule has 3 nitrogen and oxygen atoms in total. The van der Waals surface area contributed by atoms with Crippen molar-refractivity contribution in [3.63, 3.8) is 0 Å². The summed E-state index contributed by atoms with van der Waals surface area (Å²) < 4.78 is 37.6. The van der Waals surface area contributed by atoms with Crippen LogP contribution in [0.3, 0.4) is 0 Å². The van der Waals surface area contributed by atoms with Gasteiger partial charge < -0.3 is 16.2 Å². The minimum Gasteiger partial charge on any atom is -0.397 e.